The molecule has 0 aromatic heterocycles. The molecule has 0 unspecified atom stereocenters. The number of hydrogen-bond acceptors (Lipinski definition) is 7. The van der Waals surface area contributed by atoms with E-state index in [1.54, 1.807) is 30.0 Å². The summed E-state index contributed by atoms with van der Waals surface area (Å²) in [6.07, 6.45) is 4.75. The number of carbonyl (C=O) groups is 2. The van der Waals surface area contributed by atoms with Gasteiger partial charge in [0.15, 0.2) is 5.96 Å². The Hall–Kier alpha value is -3.55. The van der Waals surface area contributed by atoms with Gasteiger partial charge in [-0.3, -0.25) is 10.2 Å². The van der Waals surface area contributed by atoms with Gasteiger partial charge in [0.05, 0.1) is 10.8 Å². The molecule has 6 N–H and O–H groups in total. The number of carboxylic acid groups (broad SMARTS) is 1. The van der Waals surface area contributed by atoms with E-state index in [1.807, 2.05) is 24.3 Å². The molecule has 0 aliphatic carbocycles. The van der Waals surface area contributed by atoms with Crippen LogP contribution in [0.2, 0.25) is 0 Å². The van der Waals surface area contributed by atoms with Crippen LogP contribution in [0.1, 0.15) is 31.2 Å². The van der Waals surface area contributed by atoms with Crippen molar-refractivity contribution in [1.82, 2.24) is 14.9 Å². The zero-order valence-electron chi connectivity index (χ0n) is 22.0. The number of anilines is 1. The number of thioether (sulfide) groups is 1. The smallest absolute Gasteiger partial charge is 0.326 e. The van der Waals surface area contributed by atoms with Crippen LogP contribution in [0.15, 0.2) is 70.6 Å². The molecule has 1 amide bonds. The van der Waals surface area contributed by atoms with E-state index < -0.39 is 34.0 Å². The van der Waals surface area contributed by atoms with Gasteiger partial charge in [-0.2, -0.15) is 4.31 Å². The molecule has 214 valence electrons. The van der Waals surface area contributed by atoms with Crippen LogP contribution in [-0.4, -0.2) is 66.7 Å². The van der Waals surface area contributed by atoms with Crippen molar-refractivity contribution < 1.29 is 23.1 Å². The largest absolute Gasteiger partial charge is 0.480 e. The van der Waals surface area contributed by atoms with E-state index in [4.69, 9.17) is 11.1 Å². The first-order chi connectivity index (χ1) is 19.1. The van der Waals surface area contributed by atoms with E-state index in [0.29, 0.717) is 19.4 Å². The quantitative estimate of drug-likeness (QED) is 0.142. The van der Waals surface area contributed by atoms with Crippen molar-refractivity contribution in [1.29, 1.82) is 5.41 Å². The summed E-state index contributed by atoms with van der Waals surface area (Å²) in [6.45, 7) is 0.847. The fourth-order valence-electron chi connectivity index (χ4n) is 4.72. The van der Waals surface area contributed by atoms with Crippen LogP contribution in [0, 0.1) is 5.41 Å². The third kappa shape index (κ3) is 7.34. The Labute approximate surface area is 238 Å². The summed E-state index contributed by atoms with van der Waals surface area (Å²) in [5, 5.41) is 22.4. The highest BCUT2D eigenvalue weighted by Gasteiger charge is 2.40. The van der Waals surface area contributed by atoms with Crippen LogP contribution in [0.5, 0.6) is 0 Å². The van der Waals surface area contributed by atoms with Gasteiger partial charge in [-0.1, -0.05) is 30.3 Å². The number of nitrogens with one attached hydrogen (secondary N) is 3. The second-order valence-electron chi connectivity index (χ2n) is 9.64. The van der Waals surface area contributed by atoms with E-state index in [0.717, 1.165) is 30.0 Å². The van der Waals surface area contributed by atoms with E-state index in [1.165, 1.54) is 21.3 Å². The summed E-state index contributed by atoms with van der Waals surface area (Å²) >= 11 is 1.74. The van der Waals surface area contributed by atoms with E-state index in [2.05, 4.69) is 21.7 Å². The lowest BCUT2D eigenvalue weighted by Crippen LogP contribution is -2.51. The molecule has 1 fully saturated rings. The first-order valence-electron chi connectivity index (χ1n) is 13.0. The molecule has 40 heavy (non-hydrogen) atoms. The first kappa shape index (κ1) is 29.4. The Kier molecular flexibility index (Phi) is 9.71. The maximum Gasteiger partial charge on any atom is 0.326 e. The number of benzene rings is 2. The van der Waals surface area contributed by atoms with Gasteiger partial charge in [0.25, 0.3) is 0 Å². The fraction of sp³-hybridized carbons (Fsp3) is 0.370. The second-order valence-corrected chi connectivity index (χ2v) is 12.6. The number of amides is 1. The second kappa shape index (κ2) is 13.2. The molecule has 0 spiro atoms. The van der Waals surface area contributed by atoms with E-state index in [-0.39, 0.29) is 23.8 Å². The first-order valence-corrected chi connectivity index (χ1v) is 15.4. The van der Waals surface area contributed by atoms with Gasteiger partial charge in [-0.05, 0) is 55.5 Å². The number of allylic oxidation sites excluding steroid dienone is 1. The molecule has 0 bridgehead atoms. The van der Waals surface area contributed by atoms with Crippen molar-refractivity contribution in [2.45, 2.75) is 49.1 Å². The van der Waals surface area contributed by atoms with Crippen molar-refractivity contribution in [2.24, 2.45) is 5.73 Å². The number of rotatable bonds is 12. The standard InChI is InChI=1S/C27H34N6O5S2/c28-27(29)30-14-4-6-21-17-32(18-39-21)20-12-10-19(11-13-20)16-23(26(35)36)31-25(34)24-9-5-15-33(24)40(37,38)22-7-2-1-3-8-22/h1-3,7-8,10-13,17,23-24H,4-6,9,14-16,18H2,(H,31,34)(H,35,36)(H4,28,29,30)/t23-,24-/m0/s1. The van der Waals surface area contributed by atoms with Gasteiger partial charge in [0.2, 0.25) is 15.9 Å². The van der Waals surface area contributed by atoms with Gasteiger partial charge in [0.1, 0.15) is 12.1 Å². The molecule has 2 aromatic carbocycles. The topological polar surface area (TPSA) is 169 Å². The molecule has 0 radical (unpaired) electrons. The van der Waals surface area contributed by atoms with Crippen molar-refractivity contribution in [3.8, 4) is 0 Å². The Morgan fingerprint density at radius 1 is 1.15 bits per heavy atom. The minimum absolute atomic E-state index is 0.0315. The van der Waals surface area contributed by atoms with Crippen LogP contribution in [-0.2, 0) is 26.0 Å². The lowest BCUT2D eigenvalue weighted by atomic mass is 10.0. The number of hydrogen-bond donors (Lipinski definition) is 5. The molecule has 1 saturated heterocycles. The SMILES string of the molecule is N=C(N)NCCCC1=CN(c2ccc(C[C@H](NC(=O)[C@@H]3CCCN3S(=O)(=O)c3ccccc3)C(=O)O)cc2)CS1. The van der Waals surface area contributed by atoms with Gasteiger partial charge < -0.3 is 26.4 Å². The molecule has 2 heterocycles. The summed E-state index contributed by atoms with van der Waals surface area (Å²) in [5.74, 6) is -1.05. The third-order valence-electron chi connectivity index (χ3n) is 6.78. The van der Waals surface area contributed by atoms with Gasteiger partial charge in [0, 0.05) is 36.3 Å². The molecule has 11 nitrogen and oxygen atoms in total. The minimum Gasteiger partial charge on any atom is -0.480 e. The van der Waals surface area contributed by atoms with Crippen molar-refractivity contribution >= 4 is 45.3 Å². The number of nitrogens with zero attached hydrogens (tertiary/aromatic N) is 2. The molecule has 13 heteroatoms. The highest BCUT2D eigenvalue weighted by molar-refractivity contribution is 8.03. The Bertz CT molecular complexity index is 1350. The summed E-state index contributed by atoms with van der Waals surface area (Å²) in [7, 11) is -3.88. The molecule has 4 rings (SSSR count). The van der Waals surface area contributed by atoms with Gasteiger partial charge in [-0.15, -0.1) is 11.8 Å². The zero-order valence-corrected chi connectivity index (χ0v) is 23.6. The average Bonchev–Trinajstić information content (AvgIpc) is 3.62. The minimum atomic E-state index is -3.88. The molecule has 2 aromatic rings. The zero-order chi connectivity index (χ0) is 28.7. The van der Waals surface area contributed by atoms with Crippen LogP contribution >= 0.6 is 11.8 Å². The summed E-state index contributed by atoms with van der Waals surface area (Å²) in [4.78, 5) is 28.6. The van der Waals surface area contributed by atoms with Crippen LogP contribution in [0.25, 0.3) is 0 Å². The van der Waals surface area contributed by atoms with Crippen LogP contribution in [0.4, 0.5) is 5.69 Å². The monoisotopic (exact) mass is 586 g/mol. The van der Waals surface area contributed by atoms with Crippen molar-refractivity contribution in [2.75, 3.05) is 23.9 Å². The average molecular weight is 587 g/mol. The molecule has 2 aliphatic heterocycles. The number of aliphatic carboxylic acids is 1. The molecule has 0 saturated carbocycles. The van der Waals surface area contributed by atoms with Crippen molar-refractivity contribution in [3.63, 3.8) is 0 Å². The molecular weight excluding hydrogens is 552 g/mol. The fourth-order valence-corrected chi connectivity index (χ4v) is 7.41. The predicted octanol–water partition coefficient (Wildman–Crippen LogP) is 2.27. The Morgan fingerprint density at radius 3 is 2.55 bits per heavy atom. The normalized spacial score (nSPS) is 18.2. The van der Waals surface area contributed by atoms with Crippen molar-refractivity contribution in [3.05, 3.63) is 71.3 Å². The van der Waals surface area contributed by atoms with Gasteiger partial charge in [-0.25, -0.2) is 13.2 Å². The lowest BCUT2D eigenvalue weighted by molar-refractivity contribution is -0.142. The number of carbonyl (C=O) groups excluding carboxylic acids is 1. The van der Waals surface area contributed by atoms with Crippen LogP contribution in [0.3, 0.4) is 0 Å². The number of carboxylic acids is 1. The number of guanidine groups is 1. The highest BCUT2D eigenvalue weighted by atomic mass is 32.2. The Morgan fingerprint density at radius 2 is 1.88 bits per heavy atom. The highest BCUT2D eigenvalue weighted by Crippen LogP contribution is 2.33. The third-order valence-corrected chi connectivity index (χ3v) is 9.79. The predicted molar refractivity (Wildman–Crippen MR) is 155 cm³/mol. The maximum absolute atomic E-state index is 13.1. The lowest BCUT2D eigenvalue weighted by Gasteiger charge is -2.25. The molecular formula is C27H34N6O5S2. The number of sulfonamides is 1. The molecule has 2 atom stereocenters. The van der Waals surface area contributed by atoms with E-state index >= 15 is 0 Å². The van der Waals surface area contributed by atoms with Crippen LogP contribution < -0.4 is 21.3 Å². The summed E-state index contributed by atoms with van der Waals surface area (Å²) < 4.78 is 27.4. The number of nitrogens with two attached hydrogens (primary N) is 1. The maximum atomic E-state index is 13.1. The van der Waals surface area contributed by atoms with Gasteiger partial charge >= 0.3 is 5.97 Å². The summed E-state index contributed by atoms with van der Waals surface area (Å²) in [5.41, 5.74) is 7.01. The van der Waals surface area contributed by atoms with E-state index in [9.17, 15) is 23.1 Å². The Balaban J connectivity index is 1.35. The molecule has 2 aliphatic rings. The summed E-state index contributed by atoms with van der Waals surface area (Å²) in [6, 6.07) is 13.3.